The van der Waals surface area contributed by atoms with Crippen LogP contribution < -0.4 is 10.4 Å². The lowest BCUT2D eigenvalue weighted by molar-refractivity contribution is 0.00578. The number of piperidine rings is 1. The summed E-state index contributed by atoms with van der Waals surface area (Å²) < 4.78 is 12.2. The molecule has 126 valence electrons. The van der Waals surface area contributed by atoms with Crippen LogP contribution in [0.1, 0.15) is 47.5 Å². The maximum Gasteiger partial charge on any atom is 0.494 e. The highest BCUT2D eigenvalue weighted by Gasteiger charge is 2.51. The topological polar surface area (TPSA) is 41.9 Å². The number of hydrogen-bond acceptors (Lipinski definition) is 4. The monoisotopic (exact) mass is 317 g/mol. The Kier molecular flexibility index (Phi) is 4.02. The van der Waals surface area contributed by atoms with Gasteiger partial charge in [0.1, 0.15) is 0 Å². The second kappa shape index (κ2) is 5.50. The Bertz CT molecular complexity index is 542. The fraction of sp³-hybridized carbons (Fsp3) is 0.667. The quantitative estimate of drug-likeness (QED) is 0.850. The Labute approximate surface area is 139 Å². The summed E-state index contributed by atoms with van der Waals surface area (Å²) in [6.07, 6.45) is 1.62. The lowest BCUT2D eigenvalue weighted by atomic mass is 9.79. The Balaban J connectivity index is 1.69. The molecule has 2 fully saturated rings. The SMILES string of the molecule is CC1(O)CCN(c2ccc(B3OC(C)(C)C(C)(C)O3)cc2)CC1. The van der Waals surface area contributed by atoms with Gasteiger partial charge >= 0.3 is 7.12 Å². The molecule has 0 radical (unpaired) electrons. The number of anilines is 1. The third kappa shape index (κ3) is 3.28. The van der Waals surface area contributed by atoms with Gasteiger partial charge in [0.2, 0.25) is 0 Å². The fourth-order valence-corrected chi connectivity index (χ4v) is 3.07. The van der Waals surface area contributed by atoms with Gasteiger partial charge in [0, 0.05) is 18.8 Å². The highest BCUT2D eigenvalue weighted by molar-refractivity contribution is 6.62. The van der Waals surface area contributed by atoms with E-state index in [0.717, 1.165) is 31.4 Å². The van der Waals surface area contributed by atoms with Crippen molar-refractivity contribution < 1.29 is 14.4 Å². The zero-order valence-corrected chi connectivity index (χ0v) is 14.9. The molecule has 23 heavy (non-hydrogen) atoms. The summed E-state index contributed by atoms with van der Waals surface area (Å²) in [6, 6.07) is 8.43. The summed E-state index contributed by atoms with van der Waals surface area (Å²) in [6.45, 7) is 12.0. The van der Waals surface area contributed by atoms with E-state index in [9.17, 15) is 5.11 Å². The second-order valence-corrected chi connectivity index (χ2v) is 8.16. The molecule has 0 aliphatic carbocycles. The highest BCUT2D eigenvalue weighted by Crippen LogP contribution is 2.36. The van der Waals surface area contributed by atoms with E-state index in [-0.39, 0.29) is 18.3 Å². The molecule has 0 aromatic heterocycles. The summed E-state index contributed by atoms with van der Waals surface area (Å²) in [4.78, 5) is 2.33. The van der Waals surface area contributed by atoms with Crippen LogP contribution in [0.5, 0.6) is 0 Å². The molecule has 0 atom stereocenters. The van der Waals surface area contributed by atoms with Gasteiger partial charge in [0.05, 0.1) is 16.8 Å². The maximum atomic E-state index is 10.1. The normalized spacial score (nSPS) is 25.7. The van der Waals surface area contributed by atoms with E-state index >= 15 is 0 Å². The van der Waals surface area contributed by atoms with Crippen LogP contribution in [0.3, 0.4) is 0 Å². The minimum atomic E-state index is -0.515. The van der Waals surface area contributed by atoms with E-state index in [4.69, 9.17) is 9.31 Å². The predicted molar refractivity (Wildman–Crippen MR) is 94.2 cm³/mol. The molecule has 2 aliphatic heterocycles. The van der Waals surface area contributed by atoms with Gasteiger partial charge < -0.3 is 19.3 Å². The van der Waals surface area contributed by atoms with Crippen LogP contribution in [0.4, 0.5) is 5.69 Å². The first-order valence-corrected chi connectivity index (χ1v) is 8.53. The summed E-state index contributed by atoms with van der Waals surface area (Å²) >= 11 is 0. The molecule has 2 saturated heterocycles. The molecular weight excluding hydrogens is 289 g/mol. The number of rotatable bonds is 2. The van der Waals surface area contributed by atoms with E-state index < -0.39 is 5.60 Å². The second-order valence-electron chi connectivity index (χ2n) is 8.16. The Morgan fingerprint density at radius 3 is 1.87 bits per heavy atom. The lowest BCUT2D eigenvalue weighted by Crippen LogP contribution is -2.42. The zero-order valence-electron chi connectivity index (χ0n) is 14.9. The average molecular weight is 317 g/mol. The molecular formula is C18H28BNO3. The van der Waals surface area contributed by atoms with Crippen molar-refractivity contribution in [2.24, 2.45) is 0 Å². The van der Waals surface area contributed by atoms with Crippen molar-refractivity contribution >= 4 is 18.3 Å². The van der Waals surface area contributed by atoms with Crippen molar-refractivity contribution in [1.82, 2.24) is 0 Å². The molecule has 0 saturated carbocycles. The molecule has 1 aromatic rings. The third-order valence-electron chi connectivity index (χ3n) is 5.62. The average Bonchev–Trinajstić information content (AvgIpc) is 2.68. The smallest absolute Gasteiger partial charge is 0.399 e. The standard InChI is InChI=1S/C18H28BNO3/c1-16(2)17(3,4)23-19(22-16)14-6-8-15(9-7-14)20-12-10-18(5,21)11-13-20/h6-9,21H,10-13H2,1-5H3. The molecule has 2 aliphatic rings. The van der Waals surface area contributed by atoms with E-state index in [1.54, 1.807) is 0 Å². The first-order valence-electron chi connectivity index (χ1n) is 8.53. The van der Waals surface area contributed by atoms with E-state index in [2.05, 4.69) is 56.9 Å². The summed E-state index contributed by atoms with van der Waals surface area (Å²) in [5.74, 6) is 0. The van der Waals surface area contributed by atoms with Gasteiger partial charge in [0.25, 0.3) is 0 Å². The van der Waals surface area contributed by atoms with Crippen LogP contribution in [0, 0.1) is 0 Å². The highest BCUT2D eigenvalue weighted by atomic mass is 16.7. The van der Waals surface area contributed by atoms with Gasteiger partial charge in [0.15, 0.2) is 0 Å². The van der Waals surface area contributed by atoms with E-state index in [1.165, 1.54) is 5.69 Å². The van der Waals surface area contributed by atoms with Crippen LogP contribution in [-0.4, -0.2) is 42.1 Å². The molecule has 1 aromatic carbocycles. The van der Waals surface area contributed by atoms with Crippen LogP contribution in [0.15, 0.2) is 24.3 Å². The van der Waals surface area contributed by atoms with Gasteiger partial charge in [-0.3, -0.25) is 0 Å². The molecule has 3 rings (SSSR count). The molecule has 0 bridgehead atoms. The fourth-order valence-electron chi connectivity index (χ4n) is 3.07. The Hall–Kier alpha value is -1.04. The van der Waals surface area contributed by atoms with Crippen molar-refractivity contribution in [2.45, 2.75) is 64.3 Å². The van der Waals surface area contributed by atoms with Gasteiger partial charge in [-0.2, -0.15) is 0 Å². The number of aliphatic hydroxyl groups is 1. The molecule has 5 heteroatoms. The minimum absolute atomic E-state index is 0.309. The first-order chi connectivity index (χ1) is 10.6. The van der Waals surface area contributed by atoms with Crippen LogP contribution in [-0.2, 0) is 9.31 Å². The molecule has 0 amide bonds. The summed E-state index contributed by atoms with van der Waals surface area (Å²) in [7, 11) is -0.309. The van der Waals surface area contributed by atoms with Crippen molar-refractivity contribution in [3.05, 3.63) is 24.3 Å². The first kappa shape index (κ1) is 16.8. The van der Waals surface area contributed by atoms with Crippen LogP contribution in [0.25, 0.3) is 0 Å². The van der Waals surface area contributed by atoms with Crippen LogP contribution >= 0.6 is 0 Å². The molecule has 0 spiro atoms. The van der Waals surface area contributed by atoms with Crippen molar-refractivity contribution in [3.8, 4) is 0 Å². The number of nitrogens with zero attached hydrogens (tertiary/aromatic N) is 1. The number of hydrogen-bond donors (Lipinski definition) is 1. The van der Waals surface area contributed by atoms with Crippen molar-refractivity contribution in [2.75, 3.05) is 18.0 Å². The van der Waals surface area contributed by atoms with Crippen LogP contribution in [0.2, 0.25) is 0 Å². The third-order valence-corrected chi connectivity index (χ3v) is 5.62. The number of benzene rings is 1. The Morgan fingerprint density at radius 2 is 1.39 bits per heavy atom. The van der Waals surface area contributed by atoms with Crippen molar-refractivity contribution in [1.29, 1.82) is 0 Å². The van der Waals surface area contributed by atoms with Gasteiger partial charge in [-0.05, 0) is 65.1 Å². The molecule has 0 unspecified atom stereocenters. The van der Waals surface area contributed by atoms with Gasteiger partial charge in [-0.15, -0.1) is 0 Å². The minimum Gasteiger partial charge on any atom is -0.399 e. The predicted octanol–water partition coefficient (Wildman–Crippen LogP) is 2.34. The maximum absolute atomic E-state index is 10.1. The van der Waals surface area contributed by atoms with Gasteiger partial charge in [-0.25, -0.2) is 0 Å². The molecule has 4 nitrogen and oxygen atoms in total. The molecule has 2 heterocycles. The Morgan fingerprint density at radius 1 is 0.913 bits per heavy atom. The molecule has 1 N–H and O–H groups in total. The van der Waals surface area contributed by atoms with E-state index in [1.807, 2.05) is 6.92 Å². The largest absolute Gasteiger partial charge is 0.494 e. The summed E-state index contributed by atoms with van der Waals surface area (Å²) in [5, 5.41) is 10.1. The lowest BCUT2D eigenvalue weighted by Gasteiger charge is -2.37. The van der Waals surface area contributed by atoms with Crippen molar-refractivity contribution in [3.63, 3.8) is 0 Å². The zero-order chi connectivity index (χ0) is 16.9. The van der Waals surface area contributed by atoms with E-state index in [0.29, 0.717) is 0 Å². The summed E-state index contributed by atoms with van der Waals surface area (Å²) in [5.41, 5.74) is 1.11. The van der Waals surface area contributed by atoms with Gasteiger partial charge in [-0.1, -0.05) is 12.1 Å².